The number of benzene rings is 1. The van der Waals surface area contributed by atoms with Crippen molar-refractivity contribution in [1.29, 1.82) is 0 Å². The maximum Gasteiger partial charge on any atom is 0.410 e. The summed E-state index contributed by atoms with van der Waals surface area (Å²) in [5.41, 5.74) is 1.38. The summed E-state index contributed by atoms with van der Waals surface area (Å²) in [6, 6.07) is 7.60. The van der Waals surface area contributed by atoms with Crippen LogP contribution in [0.1, 0.15) is 26.3 Å². The Morgan fingerprint density at radius 1 is 1.17 bits per heavy atom. The lowest BCUT2D eigenvalue weighted by Crippen LogP contribution is -2.50. The van der Waals surface area contributed by atoms with E-state index in [9.17, 15) is 9.59 Å². The topological polar surface area (TPSA) is 62.2 Å². The minimum Gasteiger partial charge on any atom is -0.444 e. The van der Waals surface area contributed by atoms with E-state index in [1.807, 2.05) is 45.0 Å². The predicted molar refractivity (Wildman–Crippen MR) is 92.2 cm³/mol. The van der Waals surface area contributed by atoms with Gasteiger partial charge in [-0.05, 0) is 44.9 Å². The molecule has 1 fully saturated rings. The van der Waals surface area contributed by atoms with Gasteiger partial charge in [0, 0.05) is 32.7 Å². The summed E-state index contributed by atoms with van der Waals surface area (Å²) in [4.78, 5) is 29.9. The van der Waals surface area contributed by atoms with E-state index in [1.165, 1.54) is 11.6 Å². The zero-order valence-electron chi connectivity index (χ0n) is 14.6. The zero-order chi connectivity index (χ0) is 17.6. The molecule has 1 aliphatic heterocycles. The Kier molecular flexibility index (Phi) is 6.12. The number of amides is 1. The van der Waals surface area contributed by atoms with Gasteiger partial charge in [-0.25, -0.2) is 9.59 Å². The second-order valence-corrected chi connectivity index (χ2v) is 6.93. The van der Waals surface area contributed by atoms with Crippen molar-refractivity contribution in [3.8, 4) is 0 Å². The molecule has 1 aliphatic rings. The van der Waals surface area contributed by atoms with E-state index in [0.717, 1.165) is 26.1 Å². The van der Waals surface area contributed by atoms with Crippen molar-refractivity contribution in [3.63, 3.8) is 0 Å². The SMILES string of the molecule is CC(C)(C)OC(=O)N1CCN(CCc2ccc(N=C=O)cc2)CC1. The van der Waals surface area contributed by atoms with Gasteiger partial charge in [-0.2, -0.15) is 4.99 Å². The minimum absolute atomic E-state index is 0.228. The fourth-order valence-electron chi connectivity index (χ4n) is 2.56. The third-order valence-corrected chi connectivity index (χ3v) is 3.85. The molecule has 0 spiro atoms. The molecule has 2 rings (SSSR count). The lowest BCUT2D eigenvalue weighted by atomic mass is 10.1. The van der Waals surface area contributed by atoms with Crippen LogP contribution in [-0.2, 0) is 16.0 Å². The molecule has 0 bridgehead atoms. The van der Waals surface area contributed by atoms with Crippen LogP contribution in [-0.4, -0.2) is 60.3 Å². The second-order valence-electron chi connectivity index (χ2n) is 6.93. The van der Waals surface area contributed by atoms with Crippen molar-refractivity contribution in [1.82, 2.24) is 9.80 Å². The van der Waals surface area contributed by atoms with E-state index in [1.54, 1.807) is 4.90 Å². The number of ether oxygens (including phenoxy) is 1. The number of hydrogen-bond donors (Lipinski definition) is 0. The van der Waals surface area contributed by atoms with Crippen LogP contribution in [0.15, 0.2) is 29.3 Å². The number of isocyanates is 1. The fraction of sp³-hybridized carbons (Fsp3) is 0.556. The smallest absolute Gasteiger partial charge is 0.410 e. The maximum atomic E-state index is 12.0. The van der Waals surface area contributed by atoms with Gasteiger partial charge in [0.05, 0.1) is 5.69 Å². The number of hydrogen-bond acceptors (Lipinski definition) is 5. The molecule has 0 N–H and O–H groups in total. The Bertz CT molecular complexity index is 593. The summed E-state index contributed by atoms with van der Waals surface area (Å²) < 4.78 is 5.41. The highest BCUT2D eigenvalue weighted by molar-refractivity contribution is 5.68. The highest BCUT2D eigenvalue weighted by atomic mass is 16.6. The minimum atomic E-state index is -0.450. The molecule has 1 heterocycles. The van der Waals surface area contributed by atoms with Gasteiger partial charge in [0.15, 0.2) is 0 Å². The zero-order valence-corrected chi connectivity index (χ0v) is 14.6. The largest absolute Gasteiger partial charge is 0.444 e. The standard InChI is InChI=1S/C18H25N3O3/c1-18(2,3)24-17(23)21-12-10-20(11-13-21)9-8-15-4-6-16(7-5-15)19-14-22/h4-7H,8-13H2,1-3H3. The molecule has 0 radical (unpaired) electrons. The summed E-state index contributed by atoms with van der Waals surface area (Å²) in [7, 11) is 0. The molecule has 6 nitrogen and oxygen atoms in total. The Balaban J connectivity index is 1.75. The Hall–Kier alpha value is -2.17. The fourth-order valence-corrected chi connectivity index (χ4v) is 2.56. The van der Waals surface area contributed by atoms with Crippen LogP contribution >= 0.6 is 0 Å². The maximum absolute atomic E-state index is 12.0. The molecular weight excluding hydrogens is 306 g/mol. The molecule has 130 valence electrons. The Labute approximate surface area is 143 Å². The molecule has 24 heavy (non-hydrogen) atoms. The van der Waals surface area contributed by atoms with E-state index >= 15 is 0 Å². The molecule has 1 aromatic rings. The number of carbonyl (C=O) groups excluding carboxylic acids is 2. The van der Waals surface area contributed by atoms with Crippen molar-refractivity contribution >= 4 is 17.9 Å². The van der Waals surface area contributed by atoms with E-state index in [4.69, 9.17) is 4.74 Å². The molecule has 0 aromatic heterocycles. The average Bonchev–Trinajstić information content (AvgIpc) is 2.53. The third-order valence-electron chi connectivity index (χ3n) is 3.85. The normalized spacial score (nSPS) is 15.7. The summed E-state index contributed by atoms with van der Waals surface area (Å²) in [5.74, 6) is 0. The predicted octanol–water partition coefficient (Wildman–Crippen LogP) is 2.75. The first kappa shape index (κ1) is 18.2. The van der Waals surface area contributed by atoms with Crippen molar-refractivity contribution in [2.75, 3.05) is 32.7 Å². The van der Waals surface area contributed by atoms with Crippen LogP contribution in [0, 0.1) is 0 Å². The van der Waals surface area contributed by atoms with Gasteiger partial charge in [-0.1, -0.05) is 12.1 Å². The molecule has 0 unspecified atom stereocenters. The Morgan fingerprint density at radius 2 is 1.79 bits per heavy atom. The number of nitrogens with zero attached hydrogens (tertiary/aromatic N) is 3. The van der Waals surface area contributed by atoms with Crippen LogP contribution in [0.5, 0.6) is 0 Å². The molecule has 1 aromatic carbocycles. The first-order valence-corrected chi connectivity index (χ1v) is 8.24. The highest BCUT2D eigenvalue weighted by Gasteiger charge is 2.25. The number of rotatable bonds is 4. The average molecular weight is 331 g/mol. The highest BCUT2D eigenvalue weighted by Crippen LogP contribution is 2.14. The van der Waals surface area contributed by atoms with Crippen molar-refractivity contribution < 1.29 is 14.3 Å². The van der Waals surface area contributed by atoms with E-state index in [2.05, 4.69) is 9.89 Å². The summed E-state index contributed by atoms with van der Waals surface area (Å²) >= 11 is 0. The van der Waals surface area contributed by atoms with Gasteiger partial charge in [0.2, 0.25) is 6.08 Å². The molecule has 0 saturated carbocycles. The molecular formula is C18H25N3O3. The van der Waals surface area contributed by atoms with Crippen LogP contribution < -0.4 is 0 Å². The first-order chi connectivity index (χ1) is 11.4. The van der Waals surface area contributed by atoms with Crippen molar-refractivity contribution in [2.45, 2.75) is 32.8 Å². The van der Waals surface area contributed by atoms with Gasteiger partial charge in [0.1, 0.15) is 5.60 Å². The quantitative estimate of drug-likeness (QED) is 0.629. The van der Waals surface area contributed by atoms with Gasteiger partial charge in [-0.15, -0.1) is 0 Å². The number of aliphatic imine (C=N–C) groups is 1. The van der Waals surface area contributed by atoms with Crippen molar-refractivity contribution in [2.24, 2.45) is 4.99 Å². The van der Waals surface area contributed by atoms with Crippen LogP contribution in [0.4, 0.5) is 10.5 Å². The Morgan fingerprint density at radius 3 is 2.33 bits per heavy atom. The van der Waals surface area contributed by atoms with Crippen LogP contribution in [0.3, 0.4) is 0 Å². The van der Waals surface area contributed by atoms with Crippen LogP contribution in [0.25, 0.3) is 0 Å². The van der Waals surface area contributed by atoms with Gasteiger partial charge >= 0.3 is 6.09 Å². The van der Waals surface area contributed by atoms with E-state index in [0.29, 0.717) is 18.8 Å². The van der Waals surface area contributed by atoms with E-state index in [-0.39, 0.29) is 6.09 Å². The molecule has 1 amide bonds. The first-order valence-electron chi connectivity index (χ1n) is 8.24. The van der Waals surface area contributed by atoms with Gasteiger partial charge < -0.3 is 9.64 Å². The number of carbonyl (C=O) groups is 1. The molecule has 1 saturated heterocycles. The van der Waals surface area contributed by atoms with Gasteiger partial charge in [0.25, 0.3) is 0 Å². The van der Waals surface area contributed by atoms with Crippen molar-refractivity contribution in [3.05, 3.63) is 29.8 Å². The third kappa shape index (κ3) is 5.80. The number of piperazine rings is 1. The second kappa shape index (κ2) is 8.08. The summed E-state index contributed by atoms with van der Waals surface area (Å²) in [5, 5.41) is 0. The van der Waals surface area contributed by atoms with Crippen LogP contribution in [0.2, 0.25) is 0 Å². The molecule has 0 aliphatic carbocycles. The summed E-state index contributed by atoms with van der Waals surface area (Å²) in [6.07, 6.45) is 2.24. The summed E-state index contributed by atoms with van der Waals surface area (Å²) in [6.45, 7) is 9.69. The van der Waals surface area contributed by atoms with E-state index < -0.39 is 5.60 Å². The molecule has 0 atom stereocenters. The lowest BCUT2D eigenvalue weighted by molar-refractivity contribution is 0.0146. The van der Waals surface area contributed by atoms with Gasteiger partial charge in [-0.3, -0.25) is 4.90 Å². The molecule has 6 heteroatoms. The monoisotopic (exact) mass is 331 g/mol. The lowest BCUT2D eigenvalue weighted by Gasteiger charge is -2.35.